The third-order valence-corrected chi connectivity index (χ3v) is 32.2. The Kier molecular flexibility index (Phi) is 6.83. The molecular formula is C42H48HfSi. The van der Waals surface area contributed by atoms with Crippen LogP contribution in [0.1, 0.15) is 82.3 Å². The van der Waals surface area contributed by atoms with E-state index in [2.05, 4.69) is 161 Å². The number of hydrogen-bond donors (Lipinski definition) is 0. The van der Waals surface area contributed by atoms with Gasteiger partial charge in [0.2, 0.25) is 0 Å². The second kappa shape index (κ2) is 9.97. The molecule has 2 aliphatic carbocycles. The molecule has 3 aliphatic rings. The summed E-state index contributed by atoms with van der Waals surface area (Å²) in [5.41, 5.74) is 15.0. The zero-order valence-corrected chi connectivity index (χ0v) is 33.0. The summed E-state index contributed by atoms with van der Waals surface area (Å²) in [6, 6.07) is 33.2. The Labute approximate surface area is 271 Å². The first-order valence-electron chi connectivity index (χ1n) is 16.5. The van der Waals surface area contributed by atoms with E-state index in [9.17, 15) is 0 Å². The van der Waals surface area contributed by atoms with Crippen molar-refractivity contribution in [2.75, 3.05) is 0 Å². The fourth-order valence-electron chi connectivity index (χ4n) is 8.63. The van der Waals surface area contributed by atoms with Crippen molar-refractivity contribution in [2.24, 2.45) is 0 Å². The Morgan fingerprint density at radius 1 is 0.523 bits per heavy atom. The molecule has 2 atom stereocenters. The molecule has 0 amide bonds. The van der Waals surface area contributed by atoms with Gasteiger partial charge in [0.1, 0.15) is 0 Å². The van der Waals surface area contributed by atoms with E-state index >= 15 is 0 Å². The van der Waals surface area contributed by atoms with Crippen LogP contribution in [0.25, 0.3) is 34.4 Å². The molecule has 44 heavy (non-hydrogen) atoms. The molecule has 0 N–H and O–H groups in total. The van der Waals surface area contributed by atoms with Crippen molar-refractivity contribution in [1.82, 2.24) is 0 Å². The van der Waals surface area contributed by atoms with Crippen LogP contribution in [0, 0.1) is 0 Å². The van der Waals surface area contributed by atoms with Crippen molar-refractivity contribution in [2.45, 2.75) is 82.2 Å². The van der Waals surface area contributed by atoms with Crippen molar-refractivity contribution >= 4 is 20.2 Å². The van der Waals surface area contributed by atoms with Gasteiger partial charge in [-0.3, -0.25) is 0 Å². The second-order valence-corrected chi connectivity index (χ2v) is 38.4. The third-order valence-electron chi connectivity index (χ3n) is 11.2. The van der Waals surface area contributed by atoms with Gasteiger partial charge in [-0.25, -0.2) is 0 Å². The van der Waals surface area contributed by atoms with Crippen LogP contribution < -0.4 is 0 Å². The molecule has 0 saturated carbocycles. The normalized spacial score (nSPS) is 21.1. The summed E-state index contributed by atoms with van der Waals surface area (Å²) in [5.74, 6) is 0. The summed E-state index contributed by atoms with van der Waals surface area (Å²) in [6.07, 6.45) is 5.38. The molecule has 7 rings (SSSR count). The summed E-state index contributed by atoms with van der Waals surface area (Å²) < 4.78 is 6.87. The Bertz CT molecular complexity index is 1720. The molecule has 4 aromatic rings. The maximum absolute atomic E-state index is 3.02. The Morgan fingerprint density at radius 2 is 0.886 bits per heavy atom. The van der Waals surface area contributed by atoms with Gasteiger partial charge in [-0.1, -0.05) is 0 Å². The summed E-state index contributed by atoms with van der Waals surface area (Å²) in [6.45, 7) is 19.1. The summed E-state index contributed by atoms with van der Waals surface area (Å²) in [5, 5.41) is 3.62. The molecule has 0 nitrogen and oxygen atoms in total. The molecule has 0 aromatic heterocycles. The first kappa shape index (κ1) is 30.1. The minimum atomic E-state index is -3.02. The number of allylic oxidation sites excluding steroid dienone is 2. The average Bonchev–Trinajstić information content (AvgIpc) is 3.58. The van der Waals surface area contributed by atoms with Gasteiger partial charge in [0.15, 0.2) is 0 Å². The van der Waals surface area contributed by atoms with E-state index in [1.807, 2.05) is 10.4 Å². The first-order chi connectivity index (χ1) is 20.6. The number of fused-ring (bicyclic) bond motifs is 6. The Hall–Kier alpha value is -2.55. The van der Waals surface area contributed by atoms with Gasteiger partial charge >= 0.3 is 273 Å². The van der Waals surface area contributed by atoms with Gasteiger partial charge in [0.25, 0.3) is 0 Å². The van der Waals surface area contributed by atoms with Gasteiger partial charge in [-0.2, -0.15) is 0 Å². The van der Waals surface area contributed by atoms with Crippen LogP contribution in [-0.2, 0) is 30.8 Å². The molecule has 2 heteroatoms. The van der Waals surface area contributed by atoms with E-state index in [0.29, 0.717) is 7.35 Å². The maximum atomic E-state index is 2.77. The minimum absolute atomic E-state index is 0.167. The van der Waals surface area contributed by atoms with Crippen molar-refractivity contribution < 1.29 is 20.0 Å². The average molecular weight is 759 g/mol. The summed E-state index contributed by atoms with van der Waals surface area (Å²) in [4.78, 5) is 0. The fraction of sp³-hybridized carbons (Fsp3) is 0.333. The quantitative estimate of drug-likeness (QED) is 0.179. The Balaban J connectivity index is 1.34. The van der Waals surface area contributed by atoms with Gasteiger partial charge in [-0.15, -0.1) is 0 Å². The standard InChI is InChI=1S/C40H42Si.2CH3.Hf/c1-39(2,3)31-19-15-27(16-20-31)35-13-9-11-29-23-33(25-37(29)35)41(7,8)34-24-30-12-10-14-36(38(30)26-34)28-17-21-32(22-18-28)40(4,5)6;;;/h9-26H,1-8H3;2*1H3;. The van der Waals surface area contributed by atoms with Crippen LogP contribution in [0.3, 0.4) is 0 Å². The predicted molar refractivity (Wildman–Crippen MR) is 192 cm³/mol. The van der Waals surface area contributed by atoms with Gasteiger partial charge in [0.05, 0.1) is 0 Å². The first-order valence-corrected chi connectivity index (χ1v) is 30.9. The molecule has 0 spiro atoms. The fourth-order valence-corrected chi connectivity index (χ4v) is 40.7. The molecular weight excluding hydrogens is 711 g/mol. The van der Waals surface area contributed by atoms with E-state index in [4.69, 9.17) is 0 Å². The molecule has 0 bridgehead atoms. The van der Waals surface area contributed by atoms with E-state index in [0.717, 1.165) is 0 Å². The topological polar surface area (TPSA) is 0 Å². The SMILES string of the molecule is CC(C)(C)c1ccc(-c2cccc3c2C=C2[CH]3[Hf]([CH3])([CH3])[CH]3C(=Cc4c(-c5ccc(C(C)(C)C)cc5)cccc43)[Si]2(C)C)cc1. The zero-order valence-electron chi connectivity index (χ0n) is 28.4. The molecule has 0 radical (unpaired) electrons. The van der Waals surface area contributed by atoms with Crippen molar-refractivity contribution in [1.29, 1.82) is 0 Å². The molecule has 2 unspecified atom stereocenters. The number of rotatable bonds is 2. The van der Waals surface area contributed by atoms with Crippen LogP contribution in [0.2, 0.25) is 22.5 Å². The summed E-state index contributed by atoms with van der Waals surface area (Å²) >= 11 is -3.02. The van der Waals surface area contributed by atoms with E-state index < -0.39 is 28.0 Å². The third kappa shape index (κ3) is 4.53. The second-order valence-electron chi connectivity index (χ2n) is 16.8. The van der Waals surface area contributed by atoms with Gasteiger partial charge < -0.3 is 0 Å². The monoisotopic (exact) mass is 760 g/mol. The van der Waals surface area contributed by atoms with Crippen LogP contribution >= 0.6 is 0 Å². The van der Waals surface area contributed by atoms with E-state index in [1.54, 1.807) is 11.1 Å². The number of benzene rings is 4. The van der Waals surface area contributed by atoms with E-state index in [-0.39, 0.29) is 10.8 Å². The Morgan fingerprint density at radius 3 is 1.23 bits per heavy atom. The van der Waals surface area contributed by atoms with Crippen LogP contribution in [-0.4, -0.2) is 8.07 Å². The molecule has 1 saturated heterocycles. The van der Waals surface area contributed by atoms with Crippen molar-refractivity contribution in [3.8, 4) is 22.3 Å². The van der Waals surface area contributed by atoms with Crippen molar-refractivity contribution in [3.05, 3.63) is 129 Å². The predicted octanol–water partition coefficient (Wildman–Crippen LogP) is 12.2. The molecule has 1 aliphatic heterocycles. The van der Waals surface area contributed by atoms with Gasteiger partial charge in [-0.05, 0) is 0 Å². The molecule has 1 fully saturated rings. The molecule has 4 aromatic carbocycles. The molecule has 224 valence electrons. The van der Waals surface area contributed by atoms with Crippen LogP contribution in [0.4, 0.5) is 0 Å². The number of hydrogen-bond acceptors (Lipinski definition) is 0. The van der Waals surface area contributed by atoms with E-state index in [1.165, 1.54) is 44.5 Å². The zero-order chi connectivity index (χ0) is 31.4. The summed E-state index contributed by atoms with van der Waals surface area (Å²) in [7, 11) is -1.87. The van der Waals surface area contributed by atoms with Gasteiger partial charge in [0, 0.05) is 0 Å². The molecule has 1 heterocycles. The van der Waals surface area contributed by atoms with Crippen molar-refractivity contribution in [3.63, 3.8) is 0 Å². The van der Waals surface area contributed by atoms with Crippen LogP contribution in [0.5, 0.6) is 0 Å². The van der Waals surface area contributed by atoms with Crippen LogP contribution in [0.15, 0.2) is 95.3 Å².